The molecule has 0 radical (unpaired) electrons. The molecule has 2 rings (SSSR count). The third kappa shape index (κ3) is 4.98. The zero-order valence-corrected chi connectivity index (χ0v) is 12.2. The second kappa shape index (κ2) is 7.72. The minimum atomic E-state index is -1.23. The highest BCUT2D eigenvalue weighted by atomic mass is 35.5. The maximum absolute atomic E-state index is 12.4. The molecule has 0 aliphatic carbocycles. The minimum Gasteiger partial charge on any atom is -0.478 e. The summed E-state index contributed by atoms with van der Waals surface area (Å²) in [5, 5.41) is 16.8. The van der Waals surface area contributed by atoms with E-state index in [0.717, 1.165) is 30.3 Å². The zero-order chi connectivity index (χ0) is 16.9. The van der Waals surface area contributed by atoms with Gasteiger partial charge in [-0.1, -0.05) is 23.2 Å². The van der Waals surface area contributed by atoms with Crippen molar-refractivity contribution in [2.75, 3.05) is 0 Å². The number of halogens is 4. The normalized spacial score (nSPS) is 9.64. The SMILES string of the molecule is O=C(O)c1cc(F)ccc1Cl.O=C(O)c1ccc(F)cc1Cl. The van der Waals surface area contributed by atoms with Crippen molar-refractivity contribution in [2.24, 2.45) is 0 Å². The Morgan fingerprint density at radius 3 is 1.73 bits per heavy atom. The molecule has 0 bridgehead atoms. The van der Waals surface area contributed by atoms with Crippen LogP contribution in [0, 0.1) is 11.6 Å². The first-order chi connectivity index (χ1) is 10.2. The molecule has 116 valence electrons. The first kappa shape index (κ1) is 17.9. The molecular formula is C14H8Cl2F2O4. The summed E-state index contributed by atoms with van der Waals surface area (Å²) in [6.07, 6.45) is 0. The molecule has 2 N–H and O–H groups in total. The Morgan fingerprint density at radius 1 is 0.773 bits per heavy atom. The second-order valence-electron chi connectivity index (χ2n) is 3.86. The lowest BCUT2D eigenvalue weighted by Crippen LogP contribution is -1.97. The predicted molar refractivity (Wildman–Crippen MR) is 76.7 cm³/mol. The van der Waals surface area contributed by atoms with E-state index in [0.29, 0.717) is 0 Å². The van der Waals surface area contributed by atoms with E-state index in [1.807, 2.05) is 0 Å². The van der Waals surface area contributed by atoms with Gasteiger partial charge in [-0.05, 0) is 36.4 Å². The molecule has 0 aromatic heterocycles. The number of carboxylic acid groups (broad SMARTS) is 2. The standard InChI is InChI=1S/2C7H4ClFO2/c8-6-2-1-4(9)3-5(6)7(10)11;8-6-3-4(9)1-2-5(6)7(10)11/h2*1-3H,(H,10,11). The van der Waals surface area contributed by atoms with E-state index in [4.69, 9.17) is 33.4 Å². The van der Waals surface area contributed by atoms with Gasteiger partial charge in [0.05, 0.1) is 21.2 Å². The molecule has 0 atom stereocenters. The van der Waals surface area contributed by atoms with E-state index < -0.39 is 23.6 Å². The monoisotopic (exact) mass is 348 g/mol. The van der Waals surface area contributed by atoms with Gasteiger partial charge in [-0.2, -0.15) is 0 Å². The largest absolute Gasteiger partial charge is 0.478 e. The molecule has 0 amide bonds. The molecule has 0 fully saturated rings. The van der Waals surface area contributed by atoms with Crippen molar-refractivity contribution >= 4 is 35.1 Å². The second-order valence-corrected chi connectivity index (χ2v) is 4.67. The number of benzene rings is 2. The van der Waals surface area contributed by atoms with Crippen LogP contribution in [0.15, 0.2) is 36.4 Å². The Hall–Kier alpha value is -2.18. The van der Waals surface area contributed by atoms with Crippen molar-refractivity contribution in [1.82, 2.24) is 0 Å². The number of hydrogen-bond donors (Lipinski definition) is 2. The van der Waals surface area contributed by atoms with Gasteiger partial charge in [0.2, 0.25) is 0 Å². The molecule has 0 heterocycles. The summed E-state index contributed by atoms with van der Waals surface area (Å²) >= 11 is 10.8. The van der Waals surface area contributed by atoms with E-state index in [1.165, 1.54) is 6.07 Å². The van der Waals surface area contributed by atoms with E-state index in [2.05, 4.69) is 0 Å². The lowest BCUT2D eigenvalue weighted by Gasteiger charge is -1.96. The van der Waals surface area contributed by atoms with Gasteiger partial charge in [-0.3, -0.25) is 0 Å². The average Bonchev–Trinajstić information content (AvgIpc) is 2.41. The minimum absolute atomic E-state index is 0.0406. The molecule has 0 unspecified atom stereocenters. The summed E-state index contributed by atoms with van der Waals surface area (Å²) in [6.45, 7) is 0. The molecule has 0 saturated heterocycles. The van der Waals surface area contributed by atoms with Crippen LogP contribution in [0.4, 0.5) is 8.78 Å². The molecule has 0 aliphatic heterocycles. The van der Waals surface area contributed by atoms with Crippen molar-refractivity contribution in [3.63, 3.8) is 0 Å². The highest BCUT2D eigenvalue weighted by Crippen LogP contribution is 2.17. The fourth-order valence-corrected chi connectivity index (χ4v) is 1.77. The summed E-state index contributed by atoms with van der Waals surface area (Å²) < 4.78 is 24.7. The molecule has 0 aliphatic rings. The van der Waals surface area contributed by atoms with Gasteiger partial charge < -0.3 is 10.2 Å². The molecular weight excluding hydrogens is 341 g/mol. The fourth-order valence-electron chi connectivity index (χ4n) is 1.32. The van der Waals surface area contributed by atoms with Gasteiger partial charge in [0.1, 0.15) is 11.6 Å². The van der Waals surface area contributed by atoms with Gasteiger partial charge in [-0.15, -0.1) is 0 Å². The number of carboxylic acids is 2. The maximum atomic E-state index is 12.4. The molecule has 0 saturated carbocycles. The first-order valence-corrected chi connectivity index (χ1v) is 6.34. The van der Waals surface area contributed by atoms with Crippen molar-refractivity contribution in [3.05, 3.63) is 69.2 Å². The number of hydrogen-bond acceptors (Lipinski definition) is 2. The fraction of sp³-hybridized carbons (Fsp3) is 0. The summed E-state index contributed by atoms with van der Waals surface area (Å²) in [4.78, 5) is 20.6. The van der Waals surface area contributed by atoms with Crippen LogP contribution < -0.4 is 0 Å². The Labute approximate surface area is 133 Å². The van der Waals surface area contributed by atoms with Crippen LogP contribution in [0.2, 0.25) is 10.0 Å². The number of rotatable bonds is 2. The van der Waals surface area contributed by atoms with Gasteiger partial charge in [0, 0.05) is 0 Å². The number of aromatic carboxylic acids is 2. The molecule has 4 nitrogen and oxygen atoms in total. The quantitative estimate of drug-likeness (QED) is 0.845. The van der Waals surface area contributed by atoms with E-state index >= 15 is 0 Å². The molecule has 0 spiro atoms. The Morgan fingerprint density at radius 2 is 1.27 bits per heavy atom. The predicted octanol–water partition coefficient (Wildman–Crippen LogP) is 4.35. The smallest absolute Gasteiger partial charge is 0.337 e. The maximum Gasteiger partial charge on any atom is 0.337 e. The van der Waals surface area contributed by atoms with Crippen LogP contribution in [0.5, 0.6) is 0 Å². The summed E-state index contributed by atoms with van der Waals surface area (Å²) in [5.74, 6) is -3.53. The molecule has 8 heteroatoms. The van der Waals surface area contributed by atoms with E-state index in [9.17, 15) is 18.4 Å². The highest BCUT2D eigenvalue weighted by Gasteiger charge is 2.09. The zero-order valence-electron chi connectivity index (χ0n) is 10.7. The highest BCUT2D eigenvalue weighted by molar-refractivity contribution is 6.33. The molecule has 22 heavy (non-hydrogen) atoms. The van der Waals surface area contributed by atoms with E-state index in [-0.39, 0.29) is 21.2 Å². The molecule has 2 aromatic carbocycles. The van der Waals surface area contributed by atoms with E-state index in [1.54, 1.807) is 0 Å². The molecule has 2 aromatic rings. The average molecular weight is 349 g/mol. The Balaban J connectivity index is 0.000000220. The summed E-state index contributed by atoms with van der Waals surface area (Å²) in [5.41, 5.74) is -0.306. The van der Waals surface area contributed by atoms with Crippen molar-refractivity contribution < 1.29 is 28.6 Å². The summed E-state index contributed by atoms with van der Waals surface area (Å²) in [6, 6.07) is 6.33. The van der Waals surface area contributed by atoms with Crippen molar-refractivity contribution in [1.29, 1.82) is 0 Å². The Bertz CT molecular complexity index is 720. The van der Waals surface area contributed by atoms with Crippen LogP contribution in [0.1, 0.15) is 20.7 Å². The third-order valence-corrected chi connectivity index (χ3v) is 2.96. The third-order valence-electron chi connectivity index (χ3n) is 2.32. The van der Waals surface area contributed by atoms with Gasteiger partial charge >= 0.3 is 11.9 Å². The van der Waals surface area contributed by atoms with Gasteiger partial charge in [-0.25, -0.2) is 18.4 Å². The van der Waals surface area contributed by atoms with Crippen LogP contribution in [0.25, 0.3) is 0 Å². The topological polar surface area (TPSA) is 74.6 Å². The lowest BCUT2D eigenvalue weighted by molar-refractivity contribution is 0.0686. The van der Waals surface area contributed by atoms with Crippen molar-refractivity contribution in [3.8, 4) is 0 Å². The van der Waals surface area contributed by atoms with Crippen molar-refractivity contribution in [2.45, 2.75) is 0 Å². The van der Waals surface area contributed by atoms with Crippen LogP contribution in [-0.2, 0) is 0 Å². The van der Waals surface area contributed by atoms with Gasteiger partial charge in [0.15, 0.2) is 0 Å². The van der Waals surface area contributed by atoms with Crippen LogP contribution in [-0.4, -0.2) is 22.2 Å². The van der Waals surface area contributed by atoms with Crippen LogP contribution >= 0.6 is 23.2 Å². The van der Waals surface area contributed by atoms with Crippen LogP contribution in [0.3, 0.4) is 0 Å². The Kier molecular flexibility index (Phi) is 6.27. The van der Waals surface area contributed by atoms with Gasteiger partial charge in [0.25, 0.3) is 0 Å². The lowest BCUT2D eigenvalue weighted by atomic mass is 10.2. The first-order valence-electron chi connectivity index (χ1n) is 5.59. The number of carbonyl (C=O) groups is 2. The summed E-state index contributed by atoms with van der Waals surface area (Å²) in [7, 11) is 0.